The van der Waals surface area contributed by atoms with Crippen LogP contribution in [0.5, 0.6) is 5.88 Å². The summed E-state index contributed by atoms with van der Waals surface area (Å²) >= 11 is 0. The van der Waals surface area contributed by atoms with E-state index in [1.54, 1.807) is 6.08 Å². The Bertz CT molecular complexity index is 592. The molecule has 3 rings (SSSR count). The molecule has 2 heterocycles. The Morgan fingerprint density at radius 3 is 3.05 bits per heavy atom. The summed E-state index contributed by atoms with van der Waals surface area (Å²) in [7, 11) is 0. The Morgan fingerprint density at radius 1 is 1.32 bits per heavy atom. The van der Waals surface area contributed by atoms with Gasteiger partial charge in [0.1, 0.15) is 6.33 Å². The van der Waals surface area contributed by atoms with Crippen LogP contribution in [0.2, 0.25) is 0 Å². The van der Waals surface area contributed by atoms with Gasteiger partial charge in [-0.1, -0.05) is 18.7 Å². The van der Waals surface area contributed by atoms with Crippen molar-refractivity contribution in [2.24, 2.45) is 0 Å². The molecule has 0 spiro atoms. The molecule has 0 bridgehead atoms. The van der Waals surface area contributed by atoms with Crippen molar-refractivity contribution >= 4 is 17.0 Å². The van der Waals surface area contributed by atoms with E-state index in [-0.39, 0.29) is 6.29 Å². The van der Waals surface area contributed by atoms with E-state index < -0.39 is 0 Å². The van der Waals surface area contributed by atoms with Crippen LogP contribution < -0.4 is 4.74 Å². The Hall–Kier alpha value is -1.94. The van der Waals surface area contributed by atoms with Gasteiger partial charge >= 0.3 is 0 Å². The third kappa shape index (κ3) is 2.58. The van der Waals surface area contributed by atoms with Gasteiger partial charge in [0.05, 0.1) is 17.5 Å². The number of ether oxygens (including phenoxy) is 2. The van der Waals surface area contributed by atoms with E-state index in [0.29, 0.717) is 5.88 Å². The SMILES string of the molecule is C=Cc1ccc2c(OC3CCCCO3)ncnc2c1. The van der Waals surface area contributed by atoms with Crippen LogP contribution in [0.1, 0.15) is 24.8 Å². The van der Waals surface area contributed by atoms with E-state index in [1.807, 2.05) is 18.2 Å². The fourth-order valence-corrected chi connectivity index (χ4v) is 2.20. The first-order chi connectivity index (χ1) is 9.36. The van der Waals surface area contributed by atoms with Crippen LogP contribution in [-0.2, 0) is 4.74 Å². The molecular weight excluding hydrogens is 240 g/mol. The highest BCUT2D eigenvalue weighted by molar-refractivity contribution is 5.85. The summed E-state index contributed by atoms with van der Waals surface area (Å²) in [5.41, 5.74) is 1.89. The molecule has 0 radical (unpaired) electrons. The van der Waals surface area contributed by atoms with Gasteiger partial charge in [-0.05, 0) is 30.5 Å². The second-order valence-corrected chi connectivity index (χ2v) is 4.57. The number of fused-ring (bicyclic) bond motifs is 1. The summed E-state index contributed by atoms with van der Waals surface area (Å²) in [6.07, 6.45) is 6.28. The molecule has 98 valence electrons. The van der Waals surface area contributed by atoms with Crippen molar-refractivity contribution in [3.63, 3.8) is 0 Å². The van der Waals surface area contributed by atoms with Crippen molar-refractivity contribution < 1.29 is 9.47 Å². The zero-order valence-electron chi connectivity index (χ0n) is 10.7. The van der Waals surface area contributed by atoms with Crippen molar-refractivity contribution in [1.82, 2.24) is 9.97 Å². The van der Waals surface area contributed by atoms with Crippen molar-refractivity contribution in [1.29, 1.82) is 0 Å². The molecule has 1 aromatic carbocycles. The fourth-order valence-electron chi connectivity index (χ4n) is 2.20. The zero-order chi connectivity index (χ0) is 13.1. The maximum atomic E-state index is 5.84. The van der Waals surface area contributed by atoms with E-state index in [1.165, 1.54) is 6.33 Å². The summed E-state index contributed by atoms with van der Waals surface area (Å²) in [4.78, 5) is 8.48. The average Bonchev–Trinajstić information content (AvgIpc) is 2.48. The molecule has 4 heteroatoms. The van der Waals surface area contributed by atoms with Crippen molar-refractivity contribution in [3.8, 4) is 5.88 Å². The Morgan fingerprint density at radius 2 is 2.26 bits per heavy atom. The van der Waals surface area contributed by atoms with E-state index in [4.69, 9.17) is 9.47 Å². The standard InChI is InChI=1S/C15H16N2O2/c1-2-11-6-7-12-13(9-11)16-10-17-15(12)19-14-5-3-4-8-18-14/h2,6-7,9-10,14H,1,3-5,8H2. The van der Waals surface area contributed by atoms with Gasteiger partial charge in [-0.3, -0.25) is 0 Å². The van der Waals surface area contributed by atoms with Crippen LogP contribution >= 0.6 is 0 Å². The van der Waals surface area contributed by atoms with Crippen molar-refractivity contribution in [2.45, 2.75) is 25.6 Å². The second-order valence-electron chi connectivity index (χ2n) is 4.57. The lowest BCUT2D eigenvalue weighted by Gasteiger charge is -2.23. The number of rotatable bonds is 3. The highest BCUT2D eigenvalue weighted by Gasteiger charge is 2.17. The normalized spacial score (nSPS) is 19.3. The lowest BCUT2D eigenvalue weighted by atomic mass is 10.1. The Kier molecular flexibility index (Phi) is 3.42. The molecule has 1 aromatic heterocycles. The molecule has 4 nitrogen and oxygen atoms in total. The van der Waals surface area contributed by atoms with Gasteiger partial charge in [-0.15, -0.1) is 0 Å². The number of benzene rings is 1. The molecule has 0 saturated carbocycles. The van der Waals surface area contributed by atoms with Gasteiger partial charge in [0.25, 0.3) is 0 Å². The monoisotopic (exact) mass is 256 g/mol. The highest BCUT2D eigenvalue weighted by atomic mass is 16.7. The van der Waals surface area contributed by atoms with E-state index in [2.05, 4.69) is 16.5 Å². The summed E-state index contributed by atoms with van der Waals surface area (Å²) in [5.74, 6) is 0.590. The van der Waals surface area contributed by atoms with Crippen molar-refractivity contribution in [2.75, 3.05) is 6.61 Å². The number of hydrogen-bond donors (Lipinski definition) is 0. The fraction of sp³-hybridized carbons (Fsp3) is 0.333. The predicted molar refractivity (Wildman–Crippen MR) is 73.8 cm³/mol. The maximum absolute atomic E-state index is 5.84. The van der Waals surface area contributed by atoms with Crippen LogP contribution in [0.3, 0.4) is 0 Å². The molecule has 1 saturated heterocycles. The minimum absolute atomic E-state index is 0.189. The molecule has 1 aliphatic heterocycles. The van der Waals surface area contributed by atoms with Crippen LogP contribution in [-0.4, -0.2) is 22.9 Å². The molecule has 2 aromatic rings. The topological polar surface area (TPSA) is 44.2 Å². The molecule has 1 unspecified atom stereocenters. The van der Waals surface area contributed by atoms with E-state index in [9.17, 15) is 0 Å². The second kappa shape index (κ2) is 5.36. The molecule has 1 fully saturated rings. The zero-order valence-corrected chi connectivity index (χ0v) is 10.7. The lowest BCUT2D eigenvalue weighted by Crippen LogP contribution is -2.25. The van der Waals surface area contributed by atoms with Crippen LogP contribution in [0, 0.1) is 0 Å². The van der Waals surface area contributed by atoms with E-state index >= 15 is 0 Å². The van der Waals surface area contributed by atoms with Gasteiger partial charge in [-0.2, -0.15) is 0 Å². The van der Waals surface area contributed by atoms with Gasteiger partial charge in [-0.25, -0.2) is 9.97 Å². The quantitative estimate of drug-likeness (QED) is 0.846. The first-order valence-electron chi connectivity index (χ1n) is 6.52. The first-order valence-corrected chi connectivity index (χ1v) is 6.52. The van der Waals surface area contributed by atoms with Gasteiger partial charge in [0.15, 0.2) is 0 Å². The third-order valence-electron chi connectivity index (χ3n) is 3.24. The van der Waals surface area contributed by atoms with Gasteiger partial charge < -0.3 is 9.47 Å². The summed E-state index contributed by atoms with van der Waals surface area (Å²) < 4.78 is 11.4. The minimum Gasteiger partial charge on any atom is -0.447 e. The number of nitrogens with zero attached hydrogens (tertiary/aromatic N) is 2. The van der Waals surface area contributed by atoms with Crippen LogP contribution in [0.25, 0.3) is 17.0 Å². The minimum atomic E-state index is -0.189. The van der Waals surface area contributed by atoms with Crippen LogP contribution in [0.4, 0.5) is 0 Å². The molecular formula is C15H16N2O2. The largest absolute Gasteiger partial charge is 0.447 e. The summed E-state index contributed by atoms with van der Waals surface area (Å²) in [6, 6.07) is 5.91. The highest BCUT2D eigenvalue weighted by Crippen LogP contribution is 2.25. The molecule has 0 aliphatic carbocycles. The Balaban J connectivity index is 1.92. The van der Waals surface area contributed by atoms with Crippen molar-refractivity contribution in [3.05, 3.63) is 36.7 Å². The first kappa shape index (κ1) is 12.1. The Labute approximate surface area is 112 Å². The summed E-state index contributed by atoms with van der Waals surface area (Å²) in [5, 5.41) is 0.905. The predicted octanol–water partition coefficient (Wildman–Crippen LogP) is 3.18. The molecule has 1 aliphatic rings. The van der Waals surface area contributed by atoms with E-state index in [0.717, 1.165) is 42.3 Å². The van der Waals surface area contributed by atoms with Gasteiger partial charge in [0, 0.05) is 6.42 Å². The average molecular weight is 256 g/mol. The molecule has 1 atom stereocenters. The van der Waals surface area contributed by atoms with Crippen LogP contribution in [0.15, 0.2) is 31.1 Å². The summed E-state index contributed by atoms with van der Waals surface area (Å²) in [6.45, 7) is 4.52. The smallest absolute Gasteiger partial charge is 0.226 e. The molecule has 19 heavy (non-hydrogen) atoms. The molecule has 0 N–H and O–H groups in total. The molecule has 0 amide bonds. The van der Waals surface area contributed by atoms with Gasteiger partial charge in [0.2, 0.25) is 12.2 Å². The lowest BCUT2D eigenvalue weighted by molar-refractivity contribution is -0.107. The number of hydrogen-bond acceptors (Lipinski definition) is 4. The third-order valence-corrected chi connectivity index (χ3v) is 3.24. The number of aromatic nitrogens is 2. The maximum Gasteiger partial charge on any atom is 0.226 e.